The third kappa shape index (κ3) is 5.23. The largest absolute Gasteiger partial charge is 0.466 e. The smallest absolute Gasteiger partial charge is 0.310 e. The molecule has 1 aliphatic rings. The van der Waals surface area contributed by atoms with E-state index in [1.807, 2.05) is 67.2 Å². The first-order chi connectivity index (χ1) is 13.7. The molecular formula is C22H29N3O3. The summed E-state index contributed by atoms with van der Waals surface area (Å²) in [6, 6.07) is 14.1. The number of nitrogens with zero attached hydrogens (tertiary/aromatic N) is 3. The van der Waals surface area contributed by atoms with Crippen molar-refractivity contribution in [2.45, 2.75) is 19.8 Å². The molecule has 6 nitrogen and oxygen atoms in total. The maximum absolute atomic E-state index is 12.0. The SMILES string of the molecule is CCOC(=O)[C@@H]1CCCN(CCO/N=C(/c2ccccc2)c2cccn2C)C1. The normalized spacial score (nSPS) is 18.1. The Labute approximate surface area is 166 Å². The van der Waals surface area contributed by atoms with Gasteiger partial charge in [-0.25, -0.2) is 0 Å². The number of rotatable bonds is 8. The quantitative estimate of drug-likeness (QED) is 0.304. The molecule has 1 saturated heterocycles. The van der Waals surface area contributed by atoms with Crippen molar-refractivity contribution < 1.29 is 14.4 Å². The number of aryl methyl sites for hydroxylation is 1. The fourth-order valence-corrected chi connectivity index (χ4v) is 3.54. The van der Waals surface area contributed by atoms with Crippen molar-refractivity contribution in [1.82, 2.24) is 9.47 Å². The maximum Gasteiger partial charge on any atom is 0.310 e. The van der Waals surface area contributed by atoms with Gasteiger partial charge in [0.15, 0.2) is 0 Å². The predicted octanol–water partition coefficient (Wildman–Crippen LogP) is 3.07. The van der Waals surface area contributed by atoms with Crippen LogP contribution in [0.5, 0.6) is 0 Å². The van der Waals surface area contributed by atoms with Crippen molar-refractivity contribution in [3.8, 4) is 0 Å². The first kappa shape index (κ1) is 20.1. The van der Waals surface area contributed by atoms with E-state index in [9.17, 15) is 4.79 Å². The van der Waals surface area contributed by atoms with Gasteiger partial charge in [-0.05, 0) is 38.4 Å². The highest BCUT2D eigenvalue weighted by Crippen LogP contribution is 2.18. The number of ether oxygens (including phenoxy) is 1. The zero-order valence-corrected chi connectivity index (χ0v) is 16.7. The second-order valence-electron chi connectivity index (χ2n) is 7.04. The summed E-state index contributed by atoms with van der Waals surface area (Å²) in [4.78, 5) is 19.9. The number of piperidine rings is 1. The average Bonchev–Trinajstić information content (AvgIpc) is 3.15. The molecule has 28 heavy (non-hydrogen) atoms. The molecular weight excluding hydrogens is 354 g/mol. The van der Waals surface area contributed by atoms with E-state index in [0.29, 0.717) is 13.2 Å². The van der Waals surface area contributed by atoms with E-state index in [2.05, 4.69) is 10.1 Å². The van der Waals surface area contributed by atoms with Crippen LogP contribution in [0.4, 0.5) is 0 Å². The summed E-state index contributed by atoms with van der Waals surface area (Å²) in [7, 11) is 2.00. The van der Waals surface area contributed by atoms with Crippen molar-refractivity contribution in [1.29, 1.82) is 0 Å². The molecule has 1 aromatic heterocycles. The minimum atomic E-state index is -0.0822. The highest BCUT2D eigenvalue weighted by molar-refractivity contribution is 6.11. The summed E-state index contributed by atoms with van der Waals surface area (Å²) in [5, 5.41) is 4.44. The number of hydrogen-bond donors (Lipinski definition) is 0. The van der Waals surface area contributed by atoms with Crippen LogP contribution in [0, 0.1) is 5.92 Å². The van der Waals surface area contributed by atoms with Crippen LogP contribution in [0.25, 0.3) is 0 Å². The zero-order valence-electron chi connectivity index (χ0n) is 16.7. The minimum absolute atomic E-state index is 0.0274. The monoisotopic (exact) mass is 383 g/mol. The van der Waals surface area contributed by atoms with E-state index in [1.165, 1.54) is 0 Å². The number of carbonyl (C=O) groups excluding carboxylic acids is 1. The average molecular weight is 383 g/mol. The molecule has 1 atom stereocenters. The van der Waals surface area contributed by atoms with Gasteiger partial charge in [0.2, 0.25) is 0 Å². The van der Waals surface area contributed by atoms with Crippen LogP contribution >= 0.6 is 0 Å². The molecule has 3 rings (SSSR count). The van der Waals surface area contributed by atoms with Crippen molar-refractivity contribution >= 4 is 11.7 Å². The molecule has 0 spiro atoms. The molecule has 150 valence electrons. The van der Waals surface area contributed by atoms with Crippen molar-refractivity contribution in [2.75, 3.05) is 32.8 Å². The Hall–Kier alpha value is -2.60. The highest BCUT2D eigenvalue weighted by Gasteiger charge is 2.26. The van der Waals surface area contributed by atoms with Gasteiger partial charge < -0.3 is 14.1 Å². The molecule has 1 aromatic carbocycles. The number of aromatic nitrogens is 1. The van der Waals surface area contributed by atoms with Gasteiger partial charge in [0, 0.05) is 31.9 Å². The first-order valence-electron chi connectivity index (χ1n) is 9.95. The van der Waals surface area contributed by atoms with Gasteiger partial charge in [-0.15, -0.1) is 0 Å². The second-order valence-corrected chi connectivity index (χ2v) is 7.04. The number of likely N-dealkylation sites (tertiary alicyclic amines) is 1. The van der Waals surface area contributed by atoms with Gasteiger partial charge >= 0.3 is 5.97 Å². The predicted molar refractivity (Wildman–Crippen MR) is 109 cm³/mol. The van der Waals surface area contributed by atoms with E-state index in [1.54, 1.807) is 0 Å². The van der Waals surface area contributed by atoms with Gasteiger partial charge in [-0.1, -0.05) is 35.5 Å². The van der Waals surface area contributed by atoms with Crippen LogP contribution in [0.1, 0.15) is 31.0 Å². The van der Waals surface area contributed by atoms with Crippen LogP contribution in [0.2, 0.25) is 0 Å². The maximum atomic E-state index is 12.0. The second kappa shape index (κ2) is 10.1. The molecule has 0 N–H and O–H groups in total. The van der Waals surface area contributed by atoms with Gasteiger partial charge in [0.05, 0.1) is 18.2 Å². The number of oxime groups is 1. The van der Waals surface area contributed by atoms with Crippen LogP contribution in [0.15, 0.2) is 53.8 Å². The fourth-order valence-electron chi connectivity index (χ4n) is 3.54. The van der Waals surface area contributed by atoms with Crippen molar-refractivity contribution in [3.63, 3.8) is 0 Å². The Morgan fingerprint density at radius 3 is 2.75 bits per heavy atom. The molecule has 0 amide bonds. The Morgan fingerprint density at radius 1 is 1.21 bits per heavy atom. The summed E-state index contributed by atoms with van der Waals surface area (Å²) < 4.78 is 7.20. The molecule has 0 saturated carbocycles. The number of carbonyl (C=O) groups is 1. The lowest BCUT2D eigenvalue weighted by Crippen LogP contribution is -2.40. The fraction of sp³-hybridized carbons (Fsp3) is 0.455. The molecule has 2 heterocycles. The van der Waals surface area contributed by atoms with E-state index in [0.717, 1.165) is 49.4 Å². The van der Waals surface area contributed by atoms with E-state index >= 15 is 0 Å². The van der Waals surface area contributed by atoms with Gasteiger partial charge in [0.1, 0.15) is 12.3 Å². The summed E-state index contributed by atoms with van der Waals surface area (Å²) in [5.41, 5.74) is 2.84. The molecule has 1 fully saturated rings. The minimum Gasteiger partial charge on any atom is -0.466 e. The summed E-state index contributed by atoms with van der Waals surface area (Å²) in [6.07, 6.45) is 3.91. The molecule has 0 unspecified atom stereocenters. The Balaban J connectivity index is 1.58. The zero-order chi connectivity index (χ0) is 19.8. The standard InChI is InChI=1S/C22H29N3O3/c1-3-27-22(26)19-11-7-14-25(17-19)15-16-28-23-21(18-9-5-4-6-10-18)20-12-8-13-24(20)2/h4-6,8-10,12-13,19H,3,7,11,14-17H2,1-2H3/b23-21-/t19-/m1/s1. The molecule has 0 radical (unpaired) electrons. The third-order valence-electron chi connectivity index (χ3n) is 5.01. The summed E-state index contributed by atoms with van der Waals surface area (Å²) >= 11 is 0. The van der Waals surface area contributed by atoms with E-state index < -0.39 is 0 Å². The Kier molecular flexibility index (Phi) is 7.25. The lowest BCUT2D eigenvalue weighted by molar-refractivity contribution is -0.150. The lowest BCUT2D eigenvalue weighted by Gasteiger charge is -2.30. The van der Waals surface area contributed by atoms with E-state index in [4.69, 9.17) is 9.57 Å². The van der Waals surface area contributed by atoms with Gasteiger partial charge in [0.25, 0.3) is 0 Å². The summed E-state index contributed by atoms with van der Waals surface area (Å²) in [5.74, 6) is -0.110. The molecule has 2 aromatic rings. The molecule has 1 aliphatic heterocycles. The van der Waals surface area contributed by atoms with Gasteiger partial charge in [-0.2, -0.15) is 0 Å². The number of benzene rings is 1. The molecule has 0 aliphatic carbocycles. The van der Waals surface area contributed by atoms with Gasteiger partial charge in [-0.3, -0.25) is 9.69 Å². The summed E-state index contributed by atoms with van der Waals surface area (Å²) in [6.45, 7) is 5.22. The molecule has 0 bridgehead atoms. The third-order valence-corrected chi connectivity index (χ3v) is 5.01. The number of hydrogen-bond acceptors (Lipinski definition) is 5. The van der Waals surface area contributed by atoms with Crippen LogP contribution in [-0.2, 0) is 21.4 Å². The van der Waals surface area contributed by atoms with Crippen LogP contribution < -0.4 is 0 Å². The van der Waals surface area contributed by atoms with Crippen LogP contribution in [0.3, 0.4) is 0 Å². The van der Waals surface area contributed by atoms with Crippen molar-refractivity contribution in [3.05, 3.63) is 59.9 Å². The highest BCUT2D eigenvalue weighted by atomic mass is 16.6. The Bertz CT molecular complexity index is 785. The van der Waals surface area contributed by atoms with E-state index in [-0.39, 0.29) is 11.9 Å². The lowest BCUT2D eigenvalue weighted by atomic mass is 9.98. The van der Waals surface area contributed by atoms with Crippen molar-refractivity contribution in [2.24, 2.45) is 18.1 Å². The topological polar surface area (TPSA) is 56.1 Å². The first-order valence-corrected chi connectivity index (χ1v) is 9.95. The van der Waals surface area contributed by atoms with Crippen LogP contribution in [-0.4, -0.2) is 54.0 Å². The molecule has 6 heteroatoms. The Morgan fingerprint density at radius 2 is 2.04 bits per heavy atom. The number of esters is 1.